The molecule has 0 radical (unpaired) electrons. The van der Waals surface area contributed by atoms with Crippen LogP contribution in [0, 0.1) is 18.7 Å². The molecule has 1 aromatic rings. The molecule has 0 spiro atoms. The summed E-state index contributed by atoms with van der Waals surface area (Å²) < 4.78 is 13.3. The summed E-state index contributed by atoms with van der Waals surface area (Å²) in [5.74, 6) is 0.527. The second kappa shape index (κ2) is 6.30. The molecule has 2 N–H and O–H groups in total. The Bertz CT molecular complexity index is 386. The van der Waals surface area contributed by atoms with Gasteiger partial charge in [0.25, 0.3) is 0 Å². The zero-order valence-electron chi connectivity index (χ0n) is 11.0. The summed E-state index contributed by atoms with van der Waals surface area (Å²) in [6, 6.07) is 5.40. The smallest absolute Gasteiger partial charge is 0.126 e. The van der Waals surface area contributed by atoms with E-state index in [0.29, 0.717) is 11.5 Å². The van der Waals surface area contributed by atoms with Crippen LogP contribution in [0.1, 0.15) is 36.8 Å². The summed E-state index contributed by atoms with van der Waals surface area (Å²) >= 11 is 0. The lowest BCUT2D eigenvalue weighted by molar-refractivity contribution is 0.108. The fraction of sp³-hybridized carbons (Fsp3) is 0.600. The van der Waals surface area contributed by atoms with E-state index in [-0.39, 0.29) is 11.9 Å². The number of hydrogen-bond acceptors (Lipinski definition) is 2. The summed E-state index contributed by atoms with van der Waals surface area (Å²) in [4.78, 5) is 0. The van der Waals surface area contributed by atoms with Crippen molar-refractivity contribution in [2.75, 3.05) is 6.54 Å². The molecule has 0 unspecified atom stereocenters. The molecule has 0 aliphatic heterocycles. The average Bonchev–Trinajstić information content (AvgIpc) is 2.36. The molecule has 1 fully saturated rings. The van der Waals surface area contributed by atoms with E-state index in [1.807, 2.05) is 12.1 Å². The van der Waals surface area contributed by atoms with Crippen molar-refractivity contribution in [3.05, 3.63) is 35.1 Å². The Morgan fingerprint density at radius 3 is 2.67 bits per heavy atom. The van der Waals surface area contributed by atoms with Gasteiger partial charge in [-0.25, -0.2) is 4.39 Å². The maximum Gasteiger partial charge on any atom is 0.126 e. The van der Waals surface area contributed by atoms with Crippen molar-refractivity contribution in [2.45, 2.75) is 45.3 Å². The van der Waals surface area contributed by atoms with Crippen molar-refractivity contribution in [3.8, 4) is 0 Å². The molecule has 0 bridgehead atoms. The van der Waals surface area contributed by atoms with E-state index in [9.17, 15) is 9.50 Å². The van der Waals surface area contributed by atoms with E-state index in [1.165, 1.54) is 0 Å². The lowest BCUT2D eigenvalue weighted by atomic mass is 9.87. The molecule has 0 aromatic heterocycles. The van der Waals surface area contributed by atoms with Gasteiger partial charge in [0, 0.05) is 6.54 Å². The van der Waals surface area contributed by atoms with E-state index < -0.39 is 0 Å². The average molecular weight is 251 g/mol. The first-order valence-electron chi connectivity index (χ1n) is 6.79. The summed E-state index contributed by atoms with van der Waals surface area (Å²) in [6.45, 7) is 3.46. The molecule has 0 amide bonds. The molecule has 1 aliphatic rings. The fourth-order valence-electron chi connectivity index (χ4n) is 2.52. The van der Waals surface area contributed by atoms with Crippen LogP contribution in [-0.4, -0.2) is 17.8 Å². The number of aliphatic hydroxyl groups is 1. The minimum absolute atomic E-state index is 0.0903. The molecule has 2 rings (SSSR count). The molecule has 1 aromatic carbocycles. The van der Waals surface area contributed by atoms with Crippen molar-refractivity contribution < 1.29 is 9.50 Å². The Morgan fingerprint density at radius 1 is 1.28 bits per heavy atom. The van der Waals surface area contributed by atoms with Gasteiger partial charge < -0.3 is 10.4 Å². The molecule has 1 aliphatic carbocycles. The largest absolute Gasteiger partial charge is 0.393 e. The van der Waals surface area contributed by atoms with Gasteiger partial charge in [-0.05, 0) is 62.3 Å². The highest BCUT2D eigenvalue weighted by molar-refractivity contribution is 5.23. The lowest BCUT2D eigenvalue weighted by Crippen LogP contribution is -2.27. The number of halogens is 1. The van der Waals surface area contributed by atoms with Crippen molar-refractivity contribution in [1.29, 1.82) is 0 Å². The Morgan fingerprint density at radius 2 is 2.00 bits per heavy atom. The Balaban J connectivity index is 1.73. The van der Waals surface area contributed by atoms with Gasteiger partial charge >= 0.3 is 0 Å². The second-order valence-corrected chi connectivity index (χ2v) is 5.39. The summed E-state index contributed by atoms with van der Waals surface area (Å²) in [5.41, 5.74) is 1.69. The van der Waals surface area contributed by atoms with Gasteiger partial charge in [-0.15, -0.1) is 0 Å². The predicted molar refractivity (Wildman–Crippen MR) is 70.8 cm³/mol. The third kappa shape index (κ3) is 3.79. The molecule has 1 saturated carbocycles. The minimum atomic E-state index is -0.130. The minimum Gasteiger partial charge on any atom is -0.393 e. The highest BCUT2D eigenvalue weighted by Crippen LogP contribution is 2.23. The van der Waals surface area contributed by atoms with Crippen LogP contribution in [0.3, 0.4) is 0 Å². The van der Waals surface area contributed by atoms with Gasteiger partial charge in [0.1, 0.15) is 5.82 Å². The predicted octanol–water partition coefficient (Wildman–Crippen LogP) is 2.77. The lowest BCUT2D eigenvalue weighted by Gasteiger charge is -2.25. The fourth-order valence-corrected chi connectivity index (χ4v) is 2.52. The monoisotopic (exact) mass is 251 g/mol. The molecule has 0 saturated heterocycles. The van der Waals surface area contributed by atoms with Gasteiger partial charge in [-0.3, -0.25) is 0 Å². The number of benzene rings is 1. The van der Waals surface area contributed by atoms with Crippen molar-refractivity contribution >= 4 is 0 Å². The second-order valence-electron chi connectivity index (χ2n) is 5.39. The van der Waals surface area contributed by atoms with Crippen LogP contribution in [0.2, 0.25) is 0 Å². The van der Waals surface area contributed by atoms with Gasteiger partial charge in [0.2, 0.25) is 0 Å². The Labute approximate surface area is 108 Å². The van der Waals surface area contributed by atoms with E-state index in [2.05, 4.69) is 5.32 Å². The topological polar surface area (TPSA) is 32.3 Å². The van der Waals surface area contributed by atoms with E-state index in [0.717, 1.165) is 44.3 Å². The molecular formula is C15H22FNO. The van der Waals surface area contributed by atoms with E-state index in [1.54, 1.807) is 13.0 Å². The third-order valence-corrected chi connectivity index (χ3v) is 3.81. The molecule has 18 heavy (non-hydrogen) atoms. The van der Waals surface area contributed by atoms with Crippen LogP contribution in [0.15, 0.2) is 18.2 Å². The Kier molecular flexibility index (Phi) is 4.72. The molecule has 2 nitrogen and oxygen atoms in total. The Hall–Kier alpha value is -0.930. The zero-order valence-corrected chi connectivity index (χ0v) is 11.0. The van der Waals surface area contributed by atoms with E-state index in [4.69, 9.17) is 0 Å². The molecule has 100 valence electrons. The quantitative estimate of drug-likeness (QED) is 0.862. The van der Waals surface area contributed by atoms with Gasteiger partial charge in [0.05, 0.1) is 6.10 Å². The van der Waals surface area contributed by atoms with Gasteiger partial charge in [-0.2, -0.15) is 0 Å². The number of rotatable bonds is 4. The normalized spacial score (nSPS) is 24.2. The van der Waals surface area contributed by atoms with Crippen molar-refractivity contribution in [3.63, 3.8) is 0 Å². The highest BCUT2D eigenvalue weighted by Gasteiger charge is 2.18. The van der Waals surface area contributed by atoms with Gasteiger partial charge in [0.15, 0.2) is 0 Å². The number of hydrogen-bond donors (Lipinski definition) is 2. The molecule has 3 heteroatoms. The first-order chi connectivity index (χ1) is 8.65. The van der Waals surface area contributed by atoms with Crippen LogP contribution in [0.4, 0.5) is 4.39 Å². The van der Waals surface area contributed by atoms with Crippen LogP contribution in [-0.2, 0) is 6.54 Å². The summed E-state index contributed by atoms with van der Waals surface area (Å²) in [5, 5.41) is 12.8. The number of aliphatic hydroxyl groups excluding tert-OH is 1. The standard InChI is InChI=1S/C15H22FNO/c1-11-2-3-13(8-15(11)16)10-17-9-12-4-6-14(18)7-5-12/h2-3,8,12,14,17-18H,4-7,9-10H2,1H3. The van der Waals surface area contributed by atoms with Crippen LogP contribution >= 0.6 is 0 Å². The summed E-state index contributed by atoms with van der Waals surface area (Å²) in [7, 11) is 0. The van der Waals surface area contributed by atoms with Crippen molar-refractivity contribution in [1.82, 2.24) is 5.32 Å². The summed E-state index contributed by atoms with van der Waals surface area (Å²) in [6.07, 6.45) is 3.94. The van der Waals surface area contributed by atoms with Crippen LogP contribution < -0.4 is 5.32 Å². The van der Waals surface area contributed by atoms with Crippen LogP contribution in [0.5, 0.6) is 0 Å². The maximum atomic E-state index is 13.3. The highest BCUT2D eigenvalue weighted by atomic mass is 19.1. The number of nitrogens with one attached hydrogen (secondary N) is 1. The SMILES string of the molecule is Cc1ccc(CNCC2CCC(O)CC2)cc1F. The molecule has 0 heterocycles. The first-order valence-corrected chi connectivity index (χ1v) is 6.79. The molecule has 0 atom stereocenters. The third-order valence-electron chi connectivity index (χ3n) is 3.81. The first kappa shape index (κ1) is 13.5. The van der Waals surface area contributed by atoms with Gasteiger partial charge in [-0.1, -0.05) is 12.1 Å². The van der Waals surface area contributed by atoms with Crippen molar-refractivity contribution in [2.24, 2.45) is 5.92 Å². The zero-order chi connectivity index (χ0) is 13.0. The van der Waals surface area contributed by atoms with Crippen LogP contribution in [0.25, 0.3) is 0 Å². The maximum absolute atomic E-state index is 13.3. The number of aryl methyl sites for hydroxylation is 1. The van der Waals surface area contributed by atoms with E-state index >= 15 is 0 Å². The molecular weight excluding hydrogens is 229 g/mol.